The molecule has 0 bridgehead atoms. The van der Waals surface area contributed by atoms with Crippen LogP contribution in [-0.4, -0.2) is 54.2 Å². The van der Waals surface area contributed by atoms with Crippen molar-refractivity contribution in [3.63, 3.8) is 0 Å². The molecule has 2 fully saturated rings. The molecule has 3 heterocycles. The second-order valence-electron chi connectivity index (χ2n) is 6.24. The molecule has 1 N–H and O–H groups in total. The average molecular weight is 304 g/mol. The Morgan fingerprint density at radius 1 is 1.38 bits per heavy atom. The lowest BCUT2D eigenvalue weighted by Crippen LogP contribution is -2.52. The number of rotatable bonds is 2. The smallest absolute Gasteiger partial charge is 0.104 e. The van der Waals surface area contributed by atoms with Crippen LogP contribution in [0.25, 0.3) is 0 Å². The fourth-order valence-electron chi connectivity index (χ4n) is 3.76. The Bertz CT molecular complexity index is 530. The van der Waals surface area contributed by atoms with Gasteiger partial charge < -0.3 is 10.0 Å². The molecule has 0 amide bonds. The molecule has 1 aromatic heterocycles. The molecule has 2 atom stereocenters. The molecule has 0 saturated carbocycles. The number of fused-ring (bicyclic) bond motifs is 1. The van der Waals surface area contributed by atoms with Crippen molar-refractivity contribution in [1.82, 2.24) is 9.80 Å². The zero-order valence-electron chi connectivity index (χ0n) is 12.7. The molecule has 0 spiro atoms. The Kier molecular flexibility index (Phi) is 4.97. The molecule has 0 aliphatic carbocycles. The molecule has 21 heavy (non-hydrogen) atoms. The predicted octanol–water partition coefficient (Wildman–Crippen LogP) is 2.01. The van der Waals surface area contributed by atoms with E-state index >= 15 is 0 Å². The van der Waals surface area contributed by atoms with Crippen LogP contribution >= 0.6 is 11.3 Å². The molecule has 114 valence electrons. The molecule has 3 rings (SSSR count). The van der Waals surface area contributed by atoms with Gasteiger partial charge in [-0.05, 0) is 44.8 Å². The third kappa shape index (κ3) is 3.67. The molecule has 2 aliphatic rings. The number of nitrogens with zero attached hydrogens (tertiary/aromatic N) is 2. The van der Waals surface area contributed by atoms with E-state index in [1.54, 1.807) is 11.3 Å². The maximum atomic E-state index is 8.74. The Hall–Kier alpha value is -0.860. The molecular weight excluding hydrogens is 280 g/mol. The van der Waals surface area contributed by atoms with E-state index in [-0.39, 0.29) is 6.61 Å². The molecule has 2 unspecified atom stereocenters. The molecular formula is C17H24N2OS. The number of aliphatic hydroxyl groups excluding tert-OH is 1. The van der Waals surface area contributed by atoms with Crippen molar-refractivity contribution < 1.29 is 5.11 Å². The van der Waals surface area contributed by atoms with Gasteiger partial charge in [0, 0.05) is 41.5 Å². The highest BCUT2D eigenvalue weighted by Crippen LogP contribution is 2.30. The molecule has 2 aliphatic heterocycles. The lowest BCUT2D eigenvalue weighted by atomic mass is 9.84. The molecule has 3 nitrogen and oxygen atoms in total. The van der Waals surface area contributed by atoms with E-state index < -0.39 is 0 Å². The maximum absolute atomic E-state index is 8.74. The summed E-state index contributed by atoms with van der Waals surface area (Å²) >= 11 is 1.79. The first-order chi connectivity index (χ1) is 10.3. The molecule has 0 aromatic carbocycles. The lowest BCUT2D eigenvalue weighted by molar-refractivity contribution is 0.0359. The second-order valence-corrected chi connectivity index (χ2v) is 7.23. The van der Waals surface area contributed by atoms with Gasteiger partial charge in [-0.1, -0.05) is 11.8 Å². The number of thiophene rings is 1. The number of hydrogen-bond donors (Lipinski definition) is 1. The average Bonchev–Trinajstić information content (AvgIpc) is 2.93. The van der Waals surface area contributed by atoms with Crippen LogP contribution in [0, 0.1) is 17.8 Å². The predicted molar refractivity (Wildman–Crippen MR) is 87.3 cm³/mol. The minimum atomic E-state index is -0.0616. The largest absolute Gasteiger partial charge is 0.384 e. The highest BCUT2D eigenvalue weighted by molar-refractivity contribution is 7.10. The van der Waals surface area contributed by atoms with Crippen molar-refractivity contribution in [2.45, 2.75) is 31.8 Å². The third-order valence-electron chi connectivity index (χ3n) is 4.77. The molecule has 0 radical (unpaired) electrons. The summed E-state index contributed by atoms with van der Waals surface area (Å²) in [7, 11) is 2.29. The highest BCUT2D eigenvalue weighted by Gasteiger charge is 2.34. The van der Waals surface area contributed by atoms with Crippen molar-refractivity contribution in [3.05, 3.63) is 21.9 Å². The summed E-state index contributed by atoms with van der Waals surface area (Å²) in [6, 6.07) is 2.98. The molecule has 2 saturated heterocycles. The summed E-state index contributed by atoms with van der Waals surface area (Å²) in [5, 5.41) is 10.8. The van der Waals surface area contributed by atoms with Crippen LogP contribution < -0.4 is 0 Å². The van der Waals surface area contributed by atoms with Gasteiger partial charge in [-0.25, -0.2) is 0 Å². The van der Waals surface area contributed by atoms with Crippen LogP contribution in [-0.2, 0) is 6.54 Å². The summed E-state index contributed by atoms with van der Waals surface area (Å²) < 4.78 is 0. The van der Waals surface area contributed by atoms with Gasteiger partial charge in [0.2, 0.25) is 0 Å². The van der Waals surface area contributed by atoms with Gasteiger partial charge in [-0.2, -0.15) is 0 Å². The fraction of sp³-hybridized carbons (Fsp3) is 0.647. The monoisotopic (exact) mass is 304 g/mol. The summed E-state index contributed by atoms with van der Waals surface area (Å²) in [5.74, 6) is 6.56. The standard InChI is InChI=1S/C17H24N2OS/c1-18-7-2-5-15-11-19(8-6-17(15)18)12-16-10-14(13-21-16)4-3-9-20/h10,13,15,17,20H,2,5-9,11-12H2,1H3. The minimum Gasteiger partial charge on any atom is -0.384 e. The van der Waals surface area contributed by atoms with E-state index in [0.29, 0.717) is 0 Å². The summed E-state index contributed by atoms with van der Waals surface area (Å²) in [6.07, 6.45) is 4.05. The summed E-state index contributed by atoms with van der Waals surface area (Å²) in [5.41, 5.74) is 1.04. The van der Waals surface area contributed by atoms with Gasteiger partial charge in [0.25, 0.3) is 0 Å². The maximum Gasteiger partial charge on any atom is 0.104 e. The SMILES string of the molecule is CN1CCCC2CN(Cc3cc(C#CCO)cs3)CCC21. The Labute approximate surface area is 131 Å². The second kappa shape index (κ2) is 6.93. The quantitative estimate of drug-likeness (QED) is 0.847. The normalized spacial score (nSPS) is 27.0. The molecule has 4 heteroatoms. The number of hydrogen-bond acceptors (Lipinski definition) is 4. The van der Waals surface area contributed by atoms with Crippen molar-refractivity contribution in [3.8, 4) is 11.8 Å². The number of likely N-dealkylation sites (tertiary alicyclic amines) is 2. The zero-order chi connectivity index (χ0) is 14.7. The minimum absolute atomic E-state index is 0.0616. The van der Waals surface area contributed by atoms with Crippen LogP contribution in [0.1, 0.15) is 29.7 Å². The zero-order valence-corrected chi connectivity index (χ0v) is 13.5. The van der Waals surface area contributed by atoms with E-state index in [9.17, 15) is 0 Å². The van der Waals surface area contributed by atoms with Crippen LogP contribution in [0.3, 0.4) is 0 Å². The number of aliphatic hydroxyl groups is 1. The van der Waals surface area contributed by atoms with Gasteiger partial charge in [0.1, 0.15) is 6.61 Å². The van der Waals surface area contributed by atoms with Gasteiger partial charge in [0.15, 0.2) is 0 Å². The Balaban J connectivity index is 1.57. The highest BCUT2D eigenvalue weighted by atomic mass is 32.1. The molecule has 1 aromatic rings. The number of piperidine rings is 2. The topological polar surface area (TPSA) is 26.7 Å². The Morgan fingerprint density at radius 3 is 3.14 bits per heavy atom. The first-order valence-corrected chi connectivity index (χ1v) is 8.74. The lowest BCUT2D eigenvalue weighted by Gasteiger charge is -2.45. The van der Waals surface area contributed by atoms with Gasteiger partial charge in [-0.15, -0.1) is 11.3 Å². The van der Waals surface area contributed by atoms with Crippen LogP contribution in [0.2, 0.25) is 0 Å². The van der Waals surface area contributed by atoms with Crippen molar-refractivity contribution in [2.75, 3.05) is 33.3 Å². The van der Waals surface area contributed by atoms with E-state index in [4.69, 9.17) is 5.11 Å². The van der Waals surface area contributed by atoms with E-state index in [2.05, 4.69) is 40.1 Å². The van der Waals surface area contributed by atoms with E-state index in [0.717, 1.165) is 24.1 Å². The van der Waals surface area contributed by atoms with Crippen LogP contribution in [0.4, 0.5) is 0 Å². The first-order valence-electron chi connectivity index (χ1n) is 7.86. The summed E-state index contributed by atoms with van der Waals surface area (Å²) in [4.78, 5) is 6.56. The summed E-state index contributed by atoms with van der Waals surface area (Å²) in [6.45, 7) is 4.72. The van der Waals surface area contributed by atoms with E-state index in [1.165, 1.54) is 43.8 Å². The van der Waals surface area contributed by atoms with Gasteiger partial charge in [0.05, 0.1) is 0 Å². The fourth-order valence-corrected chi connectivity index (χ4v) is 4.62. The first kappa shape index (κ1) is 15.1. The van der Waals surface area contributed by atoms with Gasteiger partial charge in [-0.3, -0.25) is 4.90 Å². The van der Waals surface area contributed by atoms with Crippen LogP contribution in [0.5, 0.6) is 0 Å². The van der Waals surface area contributed by atoms with Crippen LogP contribution in [0.15, 0.2) is 11.4 Å². The van der Waals surface area contributed by atoms with Gasteiger partial charge >= 0.3 is 0 Å². The third-order valence-corrected chi connectivity index (χ3v) is 5.70. The Morgan fingerprint density at radius 2 is 2.29 bits per heavy atom. The van der Waals surface area contributed by atoms with Crippen molar-refractivity contribution >= 4 is 11.3 Å². The van der Waals surface area contributed by atoms with E-state index in [1.807, 2.05) is 0 Å². The van der Waals surface area contributed by atoms with Crippen molar-refractivity contribution in [2.24, 2.45) is 5.92 Å². The van der Waals surface area contributed by atoms with Crippen molar-refractivity contribution in [1.29, 1.82) is 0 Å².